The number of nitrogens with zero attached hydrogens (tertiary/aromatic N) is 5. The average molecular weight is 1670 g/mol. The zero-order chi connectivity index (χ0) is 84.1. The van der Waals surface area contributed by atoms with Gasteiger partial charge in [0.1, 0.15) is 109 Å². The smallest absolute Gasteiger partial charge is 0.313 e. The summed E-state index contributed by atoms with van der Waals surface area (Å²) in [5.74, 6) is 3.06. The molecule has 0 bridgehead atoms. The van der Waals surface area contributed by atoms with Gasteiger partial charge in [0.15, 0.2) is 22.1 Å². The maximum absolute atomic E-state index is 12.0. The number of H-pyrrole nitrogens is 3. The van der Waals surface area contributed by atoms with E-state index in [-0.39, 0.29) is 59.4 Å². The summed E-state index contributed by atoms with van der Waals surface area (Å²) >= 11 is 16.7. The Morgan fingerprint density at radius 3 is 1.11 bits per heavy atom. The molecule has 0 unspecified atom stereocenters. The lowest BCUT2D eigenvalue weighted by atomic mass is 10.1. The molecule has 0 saturated heterocycles. The number of ketones is 3. The number of carbonyl (C=O) groups is 4. The van der Waals surface area contributed by atoms with Gasteiger partial charge in [0, 0.05) is 89.2 Å². The molecule has 622 valence electrons. The van der Waals surface area contributed by atoms with E-state index in [1.807, 2.05) is 109 Å². The van der Waals surface area contributed by atoms with Crippen LogP contribution in [-0.4, -0.2) is 197 Å². The molecule has 0 radical (unpaired) electrons. The first-order chi connectivity index (χ1) is 56.3. The molecule has 4 N–H and O–H groups in total. The fraction of sp³-hybridized carbons (Fsp3) is 0.279. The standard InChI is InChI=1S/C14H18O5.2C13H13ClN2O2.C13H14N2O3S.C13H14N2O3.C11H14O3.C8H8O2.CH4/c1-3-18-14(16)10-12(15)11-6-4-5-7-13(11)19-9-8-17-2;2*1-17-6-7-18-12-5-3-2-4-10(12)11-8-13(14)16-9-15-11;1-17-6-7-18-11-5-3-2-4-9(11)10-8-12(16)15-13(19)14-10;1-17-6-7-18-12-5-3-2-4-10(12)11-8-13(16)15-9-14-11;1-9(12)10-5-3-4-6-11(10)14-8-7-13-2;1-6(9)7-4-2-3-5-8(7)10;/h4-7H,3,8-10H2,1-2H3;2*2-5,8-9H,6-7H2,1H3;2-5,8H,6-7H2,1H3,(H2,14,15,16,19);2-5,8-9H,6-7H2,1H3,(H,14,15,16);3-6H,7-8H2,1-2H3;2-5,10H,1H3;1H4. The van der Waals surface area contributed by atoms with Gasteiger partial charge in [-0.1, -0.05) is 116 Å². The highest BCUT2D eigenvalue weighted by Crippen LogP contribution is 2.32. The lowest BCUT2D eigenvalue weighted by Gasteiger charge is -2.10. The fourth-order valence-electron chi connectivity index (χ4n) is 9.64. The number of phenolic OH excluding ortho intramolecular Hbond substituents is 1. The molecule has 0 aliphatic heterocycles. The van der Waals surface area contributed by atoms with E-state index in [0.29, 0.717) is 141 Å². The summed E-state index contributed by atoms with van der Waals surface area (Å²) in [7, 11) is 9.69. The molecule has 28 nitrogen and oxygen atoms in total. The molecule has 0 amide bonds. The number of phenols is 1. The normalized spacial score (nSPS) is 10.0. The molecule has 0 aliphatic carbocycles. The molecule has 0 aliphatic rings. The molecule has 117 heavy (non-hydrogen) atoms. The maximum atomic E-state index is 12.0. The predicted molar refractivity (Wildman–Crippen MR) is 450 cm³/mol. The van der Waals surface area contributed by atoms with Crippen LogP contribution >= 0.6 is 35.4 Å². The van der Waals surface area contributed by atoms with E-state index in [9.17, 15) is 28.8 Å². The van der Waals surface area contributed by atoms with Gasteiger partial charge in [-0.2, -0.15) is 0 Å². The number of methoxy groups -OCH3 is 6. The van der Waals surface area contributed by atoms with Crippen LogP contribution in [0.4, 0.5) is 0 Å². The maximum Gasteiger partial charge on any atom is 0.313 e. The van der Waals surface area contributed by atoms with Crippen LogP contribution in [0.2, 0.25) is 10.3 Å². The van der Waals surface area contributed by atoms with Gasteiger partial charge < -0.3 is 76.7 Å². The van der Waals surface area contributed by atoms with Crippen molar-refractivity contribution in [1.29, 1.82) is 0 Å². The quantitative estimate of drug-likeness (QED) is 0.00727. The van der Waals surface area contributed by atoms with Crippen LogP contribution in [0.5, 0.6) is 40.2 Å². The molecule has 0 fully saturated rings. The number of aromatic nitrogens is 8. The van der Waals surface area contributed by atoms with Crippen LogP contribution < -0.4 is 39.5 Å². The first-order valence-corrected chi connectivity index (χ1v) is 37.0. The van der Waals surface area contributed by atoms with E-state index in [2.05, 4.69) is 39.9 Å². The van der Waals surface area contributed by atoms with Crippen molar-refractivity contribution < 1.29 is 85.9 Å². The van der Waals surface area contributed by atoms with Crippen molar-refractivity contribution in [3.8, 4) is 85.3 Å². The number of esters is 1. The van der Waals surface area contributed by atoms with Crippen LogP contribution in [0, 0.1) is 4.77 Å². The Hall–Kier alpha value is -11.9. The minimum Gasteiger partial charge on any atom is -0.507 e. The molecule has 0 spiro atoms. The van der Waals surface area contributed by atoms with Crippen molar-refractivity contribution in [2.24, 2.45) is 0 Å². The third-order valence-electron chi connectivity index (χ3n) is 15.0. The number of rotatable bonds is 34. The summed E-state index contributed by atoms with van der Waals surface area (Å²) in [4.78, 5) is 96.1. The Bertz CT molecular complexity index is 4840. The van der Waals surface area contributed by atoms with Crippen LogP contribution in [0.15, 0.2) is 223 Å². The van der Waals surface area contributed by atoms with Crippen molar-refractivity contribution in [2.75, 3.05) is 129 Å². The first kappa shape index (κ1) is 97.5. The number of aromatic amines is 3. The largest absolute Gasteiger partial charge is 0.507 e. The Morgan fingerprint density at radius 1 is 0.402 bits per heavy atom. The van der Waals surface area contributed by atoms with Gasteiger partial charge in [-0.15, -0.1) is 0 Å². The van der Waals surface area contributed by atoms with Gasteiger partial charge in [-0.3, -0.25) is 33.8 Å². The topological polar surface area (TPSA) is 354 Å². The van der Waals surface area contributed by atoms with Gasteiger partial charge in [0.25, 0.3) is 11.1 Å². The van der Waals surface area contributed by atoms with E-state index < -0.39 is 5.97 Å². The van der Waals surface area contributed by atoms with E-state index >= 15 is 0 Å². The number of halogens is 2. The highest BCUT2D eigenvalue weighted by Gasteiger charge is 2.18. The zero-order valence-corrected chi connectivity index (χ0v) is 68.0. The number of carbonyl (C=O) groups excluding carboxylic acids is 4. The molecule has 0 saturated carbocycles. The molecular formula is C86H98Cl2N8O20S. The molecule has 7 aromatic carbocycles. The second-order valence-corrected chi connectivity index (χ2v) is 24.5. The minimum atomic E-state index is -0.529. The summed E-state index contributed by atoms with van der Waals surface area (Å²) in [6, 6.07) is 57.0. The second-order valence-electron chi connectivity index (χ2n) is 23.3. The van der Waals surface area contributed by atoms with Crippen molar-refractivity contribution in [1.82, 2.24) is 39.9 Å². The van der Waals surface area contributed by atoms with Crippen molar-refractivity contribution >= 4 is 58.7 Å². The van der Waals surface area contributed by atoms with Crippen LogP contribution in [0.3, 0.4) is 0 Å². The highest BCUT2D eigenvalue weighted by molar-refractivity contribution is 7.71. The average Bonchev–Trinajstić information content (AvgIpc) is 0.844. The van der Waals surface area contributed by atoms with E-state index in [0.717, 1.165) is 45.1 Å². The Labute approximate surface area is 694 Å². The molecule has 0 atom stereocenters. The summed E-state index contributed by atoms with van der Waals surface area (Å²) in [6.07, 6.45) is 3.97. The van der Waals surface area contributed by atoms with Crippen LogP contribution in [0.1, 0.15) is 65.7 Å². The van der Waals surface area contributed by atoms with Gasteiger partial charge in [0.2, 0.25) is 0 Å². The number of para-hydroxylation sites is 7. The monoisotopic (exact) mass is 1660 g/mol. The molecule has 4 aromatic heterocycles. The zero-order valence-electron chi connectivity index (χ0n) is 65.7. The number of Topliss-reactive ketones (excluding diaryl/α,β-unsaturated/α-hetero) is 3. The van der Waals surface area contributed by atoms with Crippen molar-refractivity contribution in [2.45, 2.75) is 34.6 Å². The number of nitrogens with one attached hydrogen (secondary N) is 3. The number of ether oxygens (including phenoxy) is 13. The number of aromatic hydroxyl groups is 1. The van der Waals surface area contributed by atoms with E-state index in [4.69, 9.17) is 102 Å². The SMILES string of the molecule is C.CC(=O)c1ccccc1O.CCOC(=O)CC(=O)c1ccccc1OCCOC.COCCOc1ccccc1-c1cc(=O)[nH]c(=S)[nH]1.COCCOc1ccccc1-c1cc(=O)[nH]cn1.COCCOc1ccccc1-c1cc(Cl)ncn1.COCCOc1ccccc1-c1cc(Cl)ncn1.COCCOc1ccccc1C(C)=O. The Kier molecular flexibility index (Phi) is 47.6. The van der Waals surface area contributed by atoms with Gasteiger partial charge in [-0.25, -0.2) is 24.9 Å². The lowest BCUT2D eigenvalue weighted by molar-refractivity contribution is -0.142. The molecule has 4 heterocycles. The molecule has 31 heteroatoms. The summed E-state index contributed by atoms with van der Waals surface area (Å²) in [5.41, 5.74) is 6.99. The summed E-state index contributed by atoms with van der Waals surface area (Å²) in [5, 5.41) is 9.88. The van der Waals surface area contributed by atoms with E-state index in [1.54, 1.807) is 116 Å². The Balaban J connectivity index is 0.000000289. The molecular weight excluding hydrogens is 1570 g/mol. The van der Waals surface area contributed by atoms with Gasteiger partial charge in [0.05, 0.1) is 92.0 Å². The van der Waals surface area contributed by atoms with E-state index in [1.165, 1.54) is 51.0 Å². The van der Waals surface area contributed by atoms with Crippen LogP contribution in [-0.2, 0) is 38.0 Å². The first-order valence-electron chi connectivity index (χ1n) is 35.9. The number of hydrogen-bond acceptors (Lipinski definition) is 26. The van der Waals surface area contributed by atoms with Gasteiger partial charge in [-0.05, 0) is 118 Å². The summed E-state index contributed by atoms with van der Waals surface area (Å²) < 4.78 is 67.9. The highest BCUT2D eigenvalue weighted by atomic mass is 35.5. The van der Waals surface area contributed by atoms with Crippen molar-refractivity contribution in [3.63, 3.8) is 0 Å². The third kappa shape index (κ3) is 36.6. The summed E-state index contributed by atoms with van der Waals surface area (Å²) in [6.45, 7) is 10.6. The Morgan fingerprint density at radius 2 is 0.744 bits per heavy atom. The lowest BCUT2D eigenvalue weighted by Crippen LogP contribution is -2.13. The van der Waals surface area contributed by atoms with Gasteiger partial charge >= 0.3 is 5.97 Å². The minimum absolute atomic E-state index is 0. The second kappa shape index (κ2) is 57.2. The predicted octanol–water partition coefficient (Wildman–Crippen LogP) is 15.2. The van der Waals surface area contributed by atoms with Crippen LogP contribution in [0.25, 0.3) is 45.0 Å². The molecule has 11 aromatic rings. The molecule has 11 rings (SSSR count). The number of hydrogen-bond donors (Lipinski definition) is 4. The fourth-order valence-corrected chi connectivity index (χ4v) is 10.1. The number of benzene rings is 7. The van der Waals surface area contributed by atoms with Crippen molar-refractivity contribution in [3.05, 3.63) is 266 Å². The third-order valence-corrected chi connectivity index (χ3v) is 15.6.